The quantitative estimate of drug-likeness (QED) is 0.703. The molecule has 0 fully saturated rings. The minimum Gasteiger partial charge on any atom is -0.481 e. The molecule has 1 N–H and O–H groups in total. The van der Waals surface area contributed by atoms with Crippen LogP contribution in [0, 0.1) is 0 Å². The summed E-state index contributed by atoms with van der Waals surface area (Å²) in [4.78, 5) is 11.6. The van der Waals surface area contributed by atoms with Crippen LogP contribution in [0.5, 0.6) is 0 Å². The Morgan fingerprint density at radius 3 is 1.95 bits per heavy atom. The molecule has 0 aromatic heterocycles. The molecule has 2 heteroatoms. The van der Waals surface area contributed by atoms with Crippen molar-refractivity contribution in [2.75, 3.05) is 0 Å². The summed E-state index contributed by atoms with van der Waals surface area (Å²) >= 11 is 0. The summed E-state index contributed by atoms with van der Waals surface area (Å²) in [5.41, 5.74) is 0.939. The summed E-state index contributed by atoms with van der Waals surface area (Å²) in [6.07, 6.45) is 0.591. The molecule has 100 valence electrons. The summed E-state index contributed by atoms with van der Waals surface area (Å²) in [6, 6.07) is 18.2. The zero-order valence-corrected chi connectivity index (χ0v) is 11.3. The molecular formula is C18H16O2. The first-order valence-electron chi connectivity index (χ1n) is 6.85. The Balaban J connectivity index is 2.47. The number of fused-ring (bicyclic) bond motifs is 2. The predicted molar refractivity (Wildman–Crippen MR) is 82.1 cm³/mol. The molecule has 0 saturated heterocycles. The van der Waals surface area contributed by atoms with E-state index in [0.29, 0.717) is 6.42 Å². The summed E-state index contributed by atoms with van der Waals surface area (Å²) in [5, 5.41) is 13.8. The molecule has 0 heterocycles. The van der Waals surface area contributed by atoms with E-state index in [-0.39, 0.29) is 0 Å². The van der Waals surface area contributed by atoms with Crippen LogP contribution in [0.3, 0.4) is 0 Å². The van der Waals surface area contributed by atoms with E-state index in [1.54, 1.807) is 0 Å². The Labute approximate surface area is 117 Å². The molecule has 0 aliphatic rings. The third kappa shape index (κ3) is 1.94. The second kappa shape index (κ2) is 4.97. The van der Waals surface area contributed by atoms with E-state index >= 15 is 0 Å². The SMILES string of the molecule is CCC(C(=O)O)c1c2ccccc2cc2ccccc12. The number of carboxylic acid groups (broad SMARTS) is 1. The smallest absolute Gasteiger partial charge is 0.311 e. The molecule has 1 unspecified atom stereocenters. The topological polar surface area (TPSA) is 37.3 Å². The van der Waals surface area contributed by atoms with Crippen LogP contribution >= 0.6 is 0 Å². The van der Waals surface area contributed by atoms with Crippen LogP contribution in [0.2, 0.25) is 0 Å². The number of carbonyl (C=O) groups is 1. The summed E-state index contributed by atoms with van der Waals surface area (Å²) in [5.74, 6) is -1.22. The molecule has 1 atom stereocenters. The highest BCUT2D eigenvalue weighted by Crippen LogP contribution is 2.35. The van der Waals surface area contributed by atoms with Crippen molar-refractivity contribution < 1.29 is 9.90 Å². The van der Waals surface area contributed by atoms with E-state index in [1.165, 1.54) is 0 Å². The van der Waals surface area contributed by atoms with Gasteiger partial charge in [-0.25, -0.2) is 0 Å². The van der Waals surface area contributed by atoms with Crippen LogP contribution in [0.15, 0.2) is 54.6 Å². The monoisotopic (exact) mass is 264 g/mol. The lowest BCUT2D eigenvalue weighted by molar-refractivity contribution is -0.138. The number of carboxylic acids is 1. The number of hydrogen-bond donors (Lipinski definition) is 1. The van der Waals surface area contributed by atoms with Gasteiger partial charge in [-0.3, -0.25) is 4.79 Å². The molecule has 0 amide bonds. The van der Waals surface area contributed by atoms with Gasteiger partial charge in [0.05, 0.1) is 5.92 Å². The zero-order valence-electron chi connectivity index (χ0n) is 11.3. The highest BCUT2D eigenvalue weighted by atomic mass is 16.4. The standard InChI is InChI=1S/C18H16O2/c1-2-14(18(19)20)17-15-9-5-3-7-12(15)11-13-8-4-6-10-16(13)17/h3-11,14H,2H2,1H3,(H,19,20). The maximum atomic E-state index is 11.6. The van der Waals surface area contributed by atoms with E-state index in [9.17, 15) is 9.90 Å². The molecule has 0 aliphatic carbocycles. The molecule has 3 rings (SSSR count). The van der Waals surface area contributed by atoms with Crippen LogP contribution < -0.4 is 0 Å². The first-order chi connectivity index (χ1) is 9.72. The van der Waals surface area contributed by atoms with Gasteiger partial charge in [-0.05, 0) is 39.6 Å². The Kier molecular flexibility index (Phi) is 3.15. The normalized spacial score (nSPS) is 12.7. The van der Waals surface area contributed by atoms with Crippen LogP contribution in [0.4, 0.5) is 0 Å². The number of rotatable bonds is 3. The molecule has 0 saturated carbocycles. The Morgan fingerprint density at radius 2 is 1.50 bits per heavy atom. The third-order valence-electron chi connectivity index (χ3n) is 3.87. The molecule has 0 bridgehead atoms. The molecule has 0 radical (unpaired) electrons. The highest BCUT2D eigenvalue weighted by molar-refractivity contribution is 6.05. The van der Waals surface area contributed by atoms with Crippen molar-refractivity contribution in [1.29, 1.82) is 0 Å². The van der Waals surface area contributed by atoms with Gasteiger partial charge in [-0.2, -0.15) is 0 Å². The van der Waals surface area contributed by atoms with Gasteiger partial charge in [0, 0.05) is 0 Å². The first-order valence-corrected chi connectivity index (χ1v) is 6.85. The van der Waals surface area contributed by atoms with Crippen LogP contribution in [0.25, 0.3) is 21.5 Å². The molecular weight excluding hydrogens is 248 g/mol. The Hall–Kier alpha value is -2.35. The molecule has 3 aromatic carbocycles. The zero-order chi connectivity index (χ0) is 14.1. The fraction of sp³-hybridized carbons (Fsp3) is 0.167. The van der Waals surface area contributed by atoms with Gasteiger partial charge in [-0.15, -0.1) is 0 Å². The number of benzene rings is 3. The lowest BCUT2D eigenvalue weighted by Crippen LogP contribution is -2.11. The minimum absolute atomic E-state index is 0.467. The van der Waals surface area contributed by atoms with Crippen molar-refractivity contribution in [3.8, 4) is 0 Å². The summed E-state index contributed by atoms with van der Waals surface area (Å²) in [7, 11) is 0. The van der Waals surface area contributed by atoms with E-state index < -0.39 is 11.9 Å². The van der Waals surface area contributed by atoms with E-state index in [2.05, 4.69) is 6.07 Å². The van der Waals surface area contributed by atoms with E-state index in [1.807, 2.05) is 55.5 Å². The highest BCUT2D eigenvalue weighted by Gasteiger charge is 2.22. The van der Waals surface area contributed by atoms with Gasteiger partial charge < -0.3 is 5.11 Å². The summed E-state index contributed by atoms with van der Waals surface area (Å²) < 4.78 is 0. The Bertz CT molecular complexity index is 736. The van der Waals surface area contributed by atoms with E-state index in [0.717, 1.165) is 27.1 Å². The fourth-order valence-corrected chi connectivity index (χ4v) is 2.93. The minimum atomic E-state index is -0.756. The van der Waals surface area contributed by atoms with Crippen LogP contribution in [-0.2, 0) is 4.79 Å². The van der Waals surface area contributed by atoms with Crippen LogP contribution in [0.1, 0.15) is 24.8 Å². The van der Waals surface area contributed by atoms with E-state index in [4.69, 9.17) is 0 Å². The molecule has 3 aromatic rings. The maximum absolute atomic E-state index is 11.6. The van der Waals surface area contributed by atoms with Crippen molar-refractivity contribution in [1.82, 2.24) is 0 Å². The van der Waals surface area contributed by atoms with Crippen molar-refractivity contribution in [3.05, 3.63) is 60.2 Å². The average molecular weight is 264 g/mol. The van der Waals surface area contributed by atoms with Crippen molar-refractivity contribution in [2.24, 2.45) is 0 Å². The maximum Gasteiger partial charge on any atom is 0.311 e. The van der Waals surface area contributed by atoms with Crippen molar-refractivity contribution >= 4 is 27.5 Å². The van der Waals surface area contributed by atoms with Crippen LogP contribution in [-0.4, -0.2) is 11.1 Å². The molecule has 20 heavy (non-hydrogen) atoms. The summed E-state index contributed by atoms with van der Waals surface area (Å²) in [6.45, 7) is 1.93. The van der Waals surface area contributed by atoms with Crippen molar-refractivity contribution in [3.63, 3.8) is 0 Å². The lowest BCUT2D eigenvalue weighted by atomic mass is 9.87. The fourth-order valence-electron chi connectivity index (χ4n) is 2.93. The average Bonchev–Trinajstić information content (AvgIpc) is 2.47. The van der Waals surface area contributed by atoms with Gasteiger partial charge >= 0.3 is 5.97 Å². The molecule has 2 nitrogen and oxygen atoms in total. The van der Waals surface area contributed by atoms with Gasteiger partial charge in [0.1, 0.15) is 0 Å². The Morgan fingerprint density at radius 1 is 1.00 bits per heavy atom. The van der Waals surface area contributed by atoms with Gasteiger partial charge in [0.15, 0.2) is 0 Å². The predicted octanol–water partition coefficient (Wildman–Crippen LogP) is 4.57. The molecule has 0 spiro atoms. The van der Waals surface area contributed by atoms with Gasteiger partial charge in [0.25, 0.3) is 0 Å². The van der Waals surface area contributed by atoms with Gasteiger partial charge in [0.2, 0.25) is 0 Å². The lowest BCUT2D eigenvalue weighted by Gasteiger charge is -2.17. The first kappa shape index (κ1) is 12.7. The molecule has 0 aliphatic heterocycles. The van der Waals surface area contributed by atoms with Gasteiger partial charge in [-0.1, -0.05) is 55.5 Å². The second-order valence-corrected chi connectivity index (χ2v) is 5.03. The second-order valence-electron chi connectivity index (χ2n) is 5.03. The number of hydrogen-bond acceptors (Lipinski definition) is 1. The largest absolute Gasteiger partial charge is 0.481 e. The number of aliphatic carboxylic acids is 1. The third-order valence-corrected chi connectivity index (χ3v) is 3.87. The van der Waals surface area contributed by atoms with Crippen molar-refractivity contribution in [2.45, 2.75) is 19.3 Å².